The molecule has 0 N–H and O–H groups in total. The highest BCUT2D eigenvalue weighted by Gasteiger charge is 2.29. The molecule has 0 bridgehead atoms. The van der Waals surface area contributed by atoms with E-state index in [1.807, 2.05) is 6.20 Å². The second-order valence-electron chi connectivity index (χ2n) is 6.73. The van der Waals surface area contributed by atoms with Crippen molar-refractivity contribution in [1.82, 2.24) is 4.98 Å². The third kappa shape index (κ3) is 2.58. The molecule has 1 aromatic heterocycles. The summed E-state index contributed by atoms with van der Waals surface area (Å²) in [5.41, 5.74) is 3.75. The van der Waals surface area contributed by atoms with Crippen LogP contribution in [0.25, 0.3) is 10.9 Å². The van der Waals surface area contributed by atoms with Crippen LogP contribution in [0, 0.1) is 12.8 Å². The number of ether oxygens (including phenoxy) is 1. The van der Waals surface area contributed by atoms with Gasteiger partial charge in [-0.1, -0.05) is 11.6 Å². The van der Waals surface area contributed by atoms with Gasteiger partial charge in [0.2, 0.25) is 0 Å². The minimum atomic E-state index is 0.526. The van der Waals surface area contributed by atoms with Gasteiger partial charge in [0.25, 0.3) is 0 Å². The fraction of sp³-hybridized carbons (Fsp3) is 0.526. The quantitative estimate of drug-likeness (QED) is 0.839. The summed E-state index contributed by atoms with van der Waals surface area (Å²) >= 11 is 0. The van der Waals surface area contributed by atoms with Gasteiger partial charge in [0.05, 0.1) is 11.6 Å². The highest BCUT2D eigenvalue weighted by Crippen LogP contribution is 2.33. The third-order valence-electron chi connectivity index (χ3n) is 5.25. The number of aromatic nitrogens is 1. The number of fused-ring (bicyclic) bond motifs is 1. The Morgan fingerprint density at radius 2 is 2.00 bits per heavy atom. The molecule has 22 heavy (non-hydrogen) atoms. The molecule has 0 amide bonds. The average Bonchev–Trinajstić information content (AvgIpc) is 3.09. The van der Waals surface area contributed by atoms with Gasteiger partial charge in [-0.15, -0.1) is 0 Å². The lowest BCUT2D eigenvalue weighted by Gasteiger charge is -2.36. The fourth-order valence-corrected chi connectivity index (χ4v) is 4.01. The van der Waals surface area contributed by atoms with Crippen LogP contribution in [-0.2, 0) is 4.74 Å². The first-order chi connectivity index (χ1) is 10.8. The zero-order chi connectivity index (χ0) is 14.9. The molecule has 3 heteroatoms. The van der Waals surface area contributed by atoms with Crippen LogP contribution in [-0.4, -0.2) is 30.8 Å². The van der Waals surface area contributed by atoms with Gasteiger partial charge >= 0.3 is 0 Å². The lowest BCUT2D eigenvalue weighted by atomic mass is 9.89. The standard InChI is InChI=1S/C19H24N2O/c1-14-4-5-17-16(13-14)18(6-9-20-17)21-10-7-15(8-11-21)19-3-2-12-22-19/h4-6,9,13,15,19H,2-3,7-8,10-12H2,1H3. The van der Waals surface area contributed by atoms with E-state index in [0.717, 1.165) is 31.1 Å². The van der Waals surface area contributed by atoms with E-state index in [4.69, 9.17) is 4.74 Å². The molecule has 0 spiro atoms. The van der Waals surface area contributed by atoms with E-state index < -0.39 is 0 Å². The number of piperidine rings is 1. The molecule has 2 fully saturated rings. The van der Waals surface area contributed by atoms with Gasteiger partial charge in [-0.2, -0.15) is 0 Å². The number of rotatable bonds is 2. The molecule has 1 unspecified atom stereocenters. The maximum absolute atomic E-state index is 5.89. The topological polar surface area (TPSA) is 25.4 Å². The van der Waals surface area contributed by atoms with E-state index in [1.165, 1.54) is 42.3 Å². The van der Waals surface area contributed by atoms with E-state index in [1.54, 1.807) is 0 Å². The monoisotopic (exact) mass is 296 g/mol. The highest BCUT2D eigenvalue weighted by molar-refractivity contribution is 5.92. The zero-order valence-corrected chi connectivity index (χ0v) is 13.3. The maximum Gasteiger partial charge on any atom is 0.0722 e. The van der Waals surface area contributed by atoms with E-state index in [0.29, 0.717) is 6.10 Å². The van der Waals surface area contributed by atoms with Crippen LogP contribution in [0.15, 0.2) is 30.5 Å². The molecule has 2 saturated heterocycles. The fourth-order valence-electron chi connectivity index (χ4n) is 4.01. The van der Waals surface area contributed by atoms with Crippen molar-refractivity contribution in [3.05, 3.63) is 36.0 Å². The maximum atomic E-state index is 5.89. The molecule has 0 aliphatic carbocycles. The van der Waals surface area contributed by atoms with Gasteiger partial charge in [0, 0.05) is 37.0 Å². The summed E-state index contributed by atoms with van der Waals surface area (Å²) in [6, 6.07) is 8.72. The lowest BCUT2D eigenvalue weighted by molar-refractivity contribution is 0.0532. The van der Waals surface area contributed by atoms with Gasteiger partial charge in [0.15, 0.2) is 0 Å². The Kier molecular flexibility index (Phi) is 3.75. The summed E-state index contributed by atoms with van der Waals surface area (Å²) in [5, 5.41) is 1.29. The van der Waals surface area contributed by atoms with Gasteiger partial charge in [-0.3, -0.25) is 4.98 Å². The Labute approximate surface area is 132 Å². The van der Waals surface area contributed by atoms with Crippen molar-refractivity contribution >= 4 is 16.6 Å². The Morgan fingerprint density at radius 1 is 1.14 bits per heavy atom. The summed E-state index contributed by atoms with van der Waals surface area (Å²) in [5.74, 6) is 0.758. The predicted octanol–water partition coefficient (Wildman–Crippen LogP) is 3.94. The summed E-state index contributed by atoms with van der Waals surface area (Å²) in [4.78, 5) is 7.05. The summed E-state index contributed by atoms with van der Waals surface area (Å²) < 4.78 is 5.89. The highest BCUT2D eigenvalue weighted by atomic mass is 16.5. The van der Waals surface area contributed by atoms with Crippen LogP contribution < -0.4 is 4.90 Å². The van der Waals surface area contributed by atoms with Gasteiger partial charge in [0.1, 0.15) is 0 Å². The molecule has 1 atom stereocenters. The van der Waals surface area contributed by atoms with Crippen LogP contribution >= 0.6 is 0 Å². The Morgan fingerprint density at radius 3 is 2.77 bits per heavy atom. The van der Waals surface area contributed by atoms with E-state index in [2.05, 4.69) is 41.1 Å². The third-order valence-corrected chi connectivity index (χ3v) is 5.25. The average molecular weight is 296 g/mol. The van der Waals surface area contributed by atoms with Crippen molar-refractivity contribution in [3.63, 3.8) is 0 Å². The van der Waals surface area contributed by atoms with Crippen LogP contribution in [0.5, 0.6) is 0 Å². The predicted molar refractivity (Wildman–Crippen MR) is 90.4 cm³/mol. The van der Waals surface area contributed by atoms with E-state index >= 15 is 0 Å². The van der Waals surface area contributed by atoms with Crippen molar-refractivity contribution < 1.29 is 4.74 Å². The number of nitrogens with zero attached hydrogens (tertiary/aromatic N) is 2. The van der Waals surface area contributed by atoms with Crippen LogP contribution in [0.2, 0.25) is 0 Å². The van der Waals surface area contributed by atoms with Gasteiger partial charge in [-0.25, -0.2) is 0 Å². The number of anilines is 1. The molecular weight excluding hydrogens is 272 g/mol. The van der Waals surface area contributed by atoms with Crippen molar-refractivity contribution in [3.8, 4) is 0 Å². The molecule has 2 aliphatic heterocycles. The molecular formula is C19H24N2O. The summed E-state index contributed by atoms with van der Waals surface area (Å²) in [6.45, 7) is 5.40. The largest absolute Gasteiger partial charge is 0.378 e. The second kappa shape index (κ2) is 5.88. The van der Waals surface area contributed by atoms with Gasteiger partial charge in [-0.05, 0) is 56.7 Å². The second-order valence-corrected chi connectivity index (χ2v) is 6.73. The molecule has 4 rings (SSSR count). The first kappa shape index (κ1) is 14.0. The van der Waals surface area contributed by atoms with Crippen molar-refractivity contribution in [2.24, 2.45) is 5.92 Å². The number of aryl methyl sites for hydroxylation is 1. The van der Waals surface area contributed by atoms with Crippen LogP contribution in [0.3, 0.4) is 0 Å². The van der Waals surface area contributed by atoms with Crippen LogP contribution in [0.1, 0.15) is 31.2 Å². The number of hydrogen-bond donors (Lipinski definition) is 0. The smallest absolute Gasteiger partial charge is 0.0722 e. The molecule has 2 aromatic rings. The van der Waals surface area contributed by atoms with Crippen molar-refractivity contribution in [1.29, 1.82) is 0 Å². The minimum absolute atomic E-state index is 0.526. The number of benzene rings is 1. The molecule has 1 aromatic carbocycles. The molecule has 3 nitrogen and oxygen atoms in total. The van der Waals surface area contributed by atoms with Gasteiger partial charge < -0.3 is 9.64 Å². The zero-order valence-electron chi connectivity index (χ0n) is 13.3. The number of hydrogen-bond acceptors (Lipinski definition) is 3. The SMILES string of the molecule is Cc1ccc2nccc(N3CCC(C4CCCO4)CC3)c2c1. The number of pyridine rings is 1. The minimum Gasteiger partial charge on any atom is -0.378 e. The van der Waals surface area contributed by atoms with Crippen molar-refractivity contribution in [2.45, 2.75) is 38.7 Å². The van der Waals surface area contributed by atoms with E-state index in [9.17, 15) is 0 Å². The Bertz CT molecular complexity index is 656. The Hall–Kier alpha value is -1.61. The molecule has 0 radical (unpaired) electrons. The lowest BCUT2D eigenvalue weighted by Crippen LogP contribution is -2.37. The molecule has 2 aliphatic rings. The summed E-state index contributed by atoms with van der Waals surface area (Å²) in [6.07, 6.45) is 7.49. The van der Waals surface area contributed by atoms with Crippen molar-refractivity contribution in [2.75, 3.05) is 24.6 Å². The first-order valence-electron chi connectivity index (χ1n) is 8.53. The molecule has 3 heterocycles. The Balaban J connectivity index is 1.55. The normalized spacial score (nSPS) is 23.3. The summed E-state index contributed by atoms with van der Waals surface area (Å²) in [7, 11) is 0. The first-order valence-corrected chi connectivity index (χ1v) is 8.53. The molecule has 0 saturated carbocycles. The van der Waals surface area contributed by atoms with Crippen LogP contribution in [0.4, 0.5) is 5.69 Å². The van der Waals surface area contributed by atoms with E-state index in [-0.39, 0.29) is 0 Å². The molecule has 116 valence electrons.